The van der Waals surface area contributed by atoms with Crippen LogP contribution in [0.3, 0.4) is 0 Å². The number of nitrogens with one attached hydrogen (secondary N) is 1. The van der Waals surface area contributed by atoms with E-state index >= 15 is 0 Å². The Morgan fingerprint density at radius 2 is 2.35 bits per heavy atom. The molecule has 1 aromatic heterocycles. The maximum absolute atomic E-state index is 5.86. The van der Waals surface area contributed by atoms with Gasteiger partial charge in [-0.2, -0.15) is 0 Å². The third kappa shape index (κ3) is 2.28. The van der Waals surface area contributed by atoms with Gasteiger partial charge in [0.15, 0.2) is 0 Å². The molecule has 0 spiro atoms. The van der Waals surface area contributed by atoms with Crippen LogP contribution in [0.15, 0.2) is 18.3 Å². The number of aromatic nitrogens is 1. The van der Waals surface area contributed by atoms with E-state index in [2.05, 4.69) is 24.1 Å². The van der Waals surface area contributed by atoms with Gasteiger partial charge in [-0.1, -0.05) is 13.8 Å². The molecule has 0 saturated heterocycles. The van der Waals surface area contributed by atoms with E-state index in [0.29, 0.717) is 12.1 Å². The van der Waals surface area contributed by atoms with Crippen LogP contribution in [0.5, 0.6) is 0 Å². The minimum absolute atomic E-state index is 0.179. The SMILES string of the molecule is COC1CC(NCc2ncccc2N)C1(C)C. The summed E-state index contributed by atoms with van der Waals surface area (Å²) >= 11 is 0. The second-order valence-electron chi connectivity index (χ2n) is 5.25. The molecule has 0 bridgehead atoms. The molecule has 1 saturated carbocycles. The lowest BCUT2D eigenvalue weighted by Crippen LogP contribution is -2.60. The van der Waals surface area contributed by atoms with Crippen molar-refractivity contribution in [2.24, 2.45) is 5.41 Å². The molecule has 1 aliphatic carbocycles. The molecule has 0 radical (unpaired) electrons. The van der Waals surface area contributed by atoms with Gasteiger partial charge in [0.1, 0.15) is 0 Å². The number of methoxy groups -OCH3 is 1. The van der Waals surface area contributed by atoms with Crippen LogP contribution < -0.4 is 11.1 Å². The zero-order chi connectivity index (χ0) is 12.5. The smallest absolute Gasteiger partial charge is 0.0770 e. The number of ether oxygens (including phenoxy) is 1. The Morgan fingerprint density at radius 3 is 2.94 bits per heavy atom. The number of rotatable bonds is 4. The summed E-state index contributed by atoms with van der Waals surface area (Å²) in [7, 11) is 1.78. The molecule has 4 nitrogen and oxygen atoms in total. The molecule has 1 fully saturated rings. The molecule has 0 aliphatic heterocycles. The van der Waals surface area contributed by atoms with Gasteiger partial charge in [-0.25, -0.2) is 0 Å². The summed E-state index contributed by atoms with van der Waals surface area (Å²) in [6.07, 6.45) is 3.18. The van der Waals surface area contributed by atoms with Gasteiger partial charge in [0.05, 0.1) is 17.5 Å². The van der Waals surface area contributed by atoms with Gasteiger partial charge in [-0.05, 0) is 18.6 Å². The van der Waals surface area contributed by atoms with Crippen LogP contribution >= 0.6 is 0 Å². The largest absolute Gasteiger partial charge is 0.397 e. The quantitative estimate of drug-likeness (QED) is 0.831. The van der Waals surface area contributed by atoms with Crippen molar-refractivity contribution in [1.82, 2.24) is 10.3 Å². The molecular weight excluding hydrogens is 214 g/mol. The number of nitrogens with zero attached hydrogens (tertiary/aromatic N) is 1. The van der Waals surface area contributed by atoms with Gasteiger partial charge in [-0.15, -0.1) is 0 Å². The monoisotopic (exact) mass is 235 g/mol. The van der Waals surface area contributed by atoms with Gasteiger partial charge >= 0.3 is 0 Å². The second kappa shape index (κ2) is 4.63. The van der Waals surface area contributed by atoms with Crippen LogP contribution in [0.2, 0.25) is 0 Å². The van der Waals surface area contributed by atoms with E-state index in [-0.39, 0.29) is 5.41 Å². The summed E-state index contributed by atoms with van der Waals surface area (Å²) in [6.45, 7) is 5.17. The second-order valence-corrected chi connectivity index (χ2v) is 5.25. The summed E-state index contributed by atoms with van der Waals surface area (Å²) in [4.78, 5) is 4.28. The van der Waals surface area contributed by atoms with Crippen molar-refractivity contribution in [1.29, 1.82) is 0 Å². The minimum Gasteiger partial charge on any atom is -0.397 e. The van der Waals surface area contributed by atoms with Gasteiger partial charge < -0.3 is 15.8 Å². The van der Waals surface area contributed by atoms with Crippen molar-refractivity contribution in [3.8, 4) is 0 Å². The van der Waals surface area contributed by atoms with E-state index in [1.54, 1.807) is 13.3 Å². The molecule has 0 amide bonds. The Labute approximate surface area is 103 Å². The Kier molecular flexibility index (Phi) is 3.35. The fourth-order valence-electron chi connectivity index (χ4n) is 2.45. The molecule has 3 N–H and O–H groups in total. The highest BCUT2D eigenvalue weighted by molar-refractivity contribution is 5.41. The lowest BCUT2D eigenvalue weighted by atomic mass is 9.64. The van der Waals surface area contributed by atoms with Crippen molar-refractivity contribution >= 4 is 5.69 Å². The summed E-state index contributed by atoms with van der Waals surface area (Å²) < 4.78 is 5.43. The van der Waals surface area contributed by atoms with Crippen molar-refractivity contribution in [3.63, 3.8) is 0 Å². The topological polar surface area (TPSA) is 60.2 Å². The molecule has 17 heavy (non-hydrogen) atoms. The summed E-state index contributed by atoms with van der Waals surface area (Å²) in [5.74, 6) is 0. The number of hydrogen-bond acceptors (Lipinski definition) is 4. The molecule has 2 unspecified atom stereocenters. The average Bonchev–Trinajstić information content (AvgIpc) is 2.30. The number of hydrogen-bond donors (Lipinski definition) is 2. The minimum atomic E-state index is 0.179. The highest BCUT2D eigenvalue weighted by Crippen LogP contribution is 2.42. The fraction of sp³-hybridized carbons (Fsp3) is 0.615. The molecule has 2 atom stereocenters. The Hall–Kier alpha value is -1.13. The molecule has 94 valence electrons. The molecule has 0 aromatic carbocycles. The van der Waals surface area contributed by atoms with Crippen LogP contribution in [0, 0.1) is 5.41 Å². The lowest BCUT2D eigenvalue weighted by Gasteiger charge is -2.51. The fourth-order valence-corrected chi connectivity index (χ4v) is 2.45. The zero-order valence-electron chi connectivity index (χ0n) is 10.7. The van der Waals surface area contributed by atoms with Gasteiger partial charge in [0, 0.05) is 31.3 Å². The van der Waals surface area contributed by atoms with Crippen molar-refractivity contribution in [2.75, 3.05) is 12.8 Å². The molecule has 2 rings (SSSR count). The number of anilines is 1. The van der Waals surface area contributed by atoms with E-state index in [0.717, 1.165) is 24.3 Å². The highest BCUT2D eigenvalue weighted by atomic mass is 16.5. The molecule has 1 aromatic rings. The molecule has 1 aliphatic rings. The third-order valence-corrected chi connectivity index (χ3v) is 3.90. The van der Waals surface area contributed by atoms with Gasteiger partial charge in [-0.3, -0.25) is 4.98 Å². The van der Waals surface area contributed by atoms with E-state index in [9.17, 15) is 0 Å². The molecular formula is C13H21N3O. The Bertz CT molecular complexity index is 392. The van der Waals surface area contributed by atoms with Crippen LogP contribution in [0.1, 0.15) is 26.0 Å². The first-order valence-electron chi connectivity index (χ1n) is 6.01. The van der Waals surface area contributed by atoms with Crippen LogP contribution in [0.4, 0.5) is 5.69 Å². The standard InChI is InChI=1S/C13H21N3O/c1-13(2)11(7-12(13)17-3)16-8-10-9(14)5-4-6-15-10/h4-6,11-12,16H,7-8,14H2,1-3H3. The van der Waals surface area contributed by atoms with Crippen LogP contribution in [-0.4, -0.2) is 24.2 Å². The van der Waals surface area contributed by atoms with Crippen molar-refractivity contribution < 1.29 is 4.74 Å². The first kappa shape index (κ1) is 12.3. The molecule has 1 heterocycles. The first-order chi connectivity index (χ1) is 8.05. The summed E-state index contributed by atoms with van der Waals surface area (Å²) in [5.41, 5.74) is 7.71. The Morgan fingerprint density at radius 1 is 1.59 bits per heavy atom. The van der Waals surface area contributed by atoms with Crippen LogP contribution in [0.25, 0.3) is 0 Å². The lowest BCUT2D eigenvalue weighted by molar-refractivity contribution is -0.0979. The maximum atomic E-state index is 5.86. The van der Waals surface area contributed by atoms with Crippen LogP contribution in [-0.2, 0) is 11.3 Å². The van der Waals surface area contributed by atoms with E-state index in [1.165, 1.54) is 0 Å². The number of nitrogen functional groups attached to an aromatic ring is 1. The number of pyridine rings is 1. The summed E-state index contributed by atoms with van der Waals surface area (Å²) in [6, 6.07) is 4.20. The average molecular weight is 235 g/mol. The summed E-state index contributed by atoms with van der Waals surface area (Å²) in [5, 5.41) is 3.51. The van der Waals surface area contributed by atoms with E-state index in [1.807, 2.05) is 12.1 Å². The third-order valence-electron chi connectivity index (χ3n) is 3.90. The number of nitrogens with two attached hydrogens (primary N) is 1. The first-order valence-corrected chi connectivity index (χ1v) is 6.01. The van der Waals surface area contributed by atoms with Gasteiger partial charge in [0.25, 0.3) is 0 Å². The predicted molar refractivity (Wildman–Crippen MR) is 68.5 cm³/mol. The van der Waals surface area contributed by atoms with E-state index < -0.39 is 0 Å². The van der Waals surface area contributed by atoms with E-state index in [4.69, 9.17) is 10.5 Å². The Balaban J connectivity index is 1.91. The molecule has 4 heteroatoms. The highest BCUT2D eigenvalue weighted by Gasteiger charge is 2.48. The normalized spacial score (nSPS) is 26.5. The zero-order valence-corrected chi connectivity index (χ0v) is 10.7. The van der Waals surface area contributed by atoms with Crippen molar-refractivity contribution in [3.05, 3.63) is 24.0 Å². The predicted octanol–water partition coefficient (Wildman–Crippen LogP) is 1.57. The maximum Gasteiger partial charge on any atom is 0.0770 e. The van der Waals surface area contributed by atoms with Gasteiger partial charge in [0.2, 0.25) is 0 Å². The van der Waals surface area contributed by atoms with Crippen molar-refractivity contribution in [2.45, 2.75) is 39.0 Å².